The quantitative estimate of drug-likeness (QED) is 0.252. The first kappa shape index (κ1) is 26.5. The molecule has 0 saturated carbocycles. The van der Waals surface area contributed by atoms with E-state index in [9.17, 15) is 13.2 Å². The van der Waals surface area contributed by atoms with Crippen molar-refractivity contribution >= 4 is 15.8 Å². The Labute approximate surface area is 183 Å². The zero-order chi connectivity index (χ0) is 22.1. The van der Waals surface area contributed by atoms with E-state index in [1.54, 1.807) is 31.2 Å². The maximum atomic E-state index is 11.8. The van der Waals surface area contributed by atoms with Crippen LogP contribution in [0.15, 0.2) is 29.2 Å². The zero-order valence-electron chi connectivity index (χ0n) is 18.6. The minimum absolute atomic E-state index is 0.114. The Morgan fingerprint density at radius 2 is 1.20 bits per heavy atom. The standard InChI is InChI=1S/C24H40O5S/c1-2-30(27,28)23-19-17-22(18-20-23)29-21-15-13-11-9-7-5-3-4-6-8-10-12-14-16-24(25)26/h17-20H,2-16,21H2,1H3,(H,25,26). The molecule has 0 saturated heterocycles. The highest BCUT2D eigenvalue weighted by molar-refractivity contribution is 7.91. The maximum absolute atomic E-state index is 11.8. The van der Waals surface area contributed by atoms with Crippen LogP contribution in [0.2, 0.25) is 0 Å². The Morgan fingerprint density at radius 3 is 1.63 bits per heavy atom. The number of aliphatic carboxylic acids is 1. The summed E-state index contributed by atoms with van der Waals surface area (Å²) in [6.45, 7) is 2.32. The Bertz CT molecular complexity index is 667. The fraction of sp³-hybridized carbons (Fsp3) is 0.708. The van der Waals surface area contributed by atoms with Crippen LogP contribution in [0.25, 0.3) is 0 Å². The molecule has 0 radical (unpaired) electrons. The van der Waals surface area contributed by atoms with E-state index in [1.807, 2.05) is 0 Å². The lowest BCUT2D eigenvalue weighted by Gasteiger charge is -2.07. The van der Waals surface area contributed by atoms with Gasteiger partial charge in [0.25, 0.3) is 0 Å². The molecule has 0 fully saturated rings. The Kier molecular flexibility index (Phi) is 14.3. The number of hydrogen-bond acceptors (Lipinski definition) is 4. The molecule has 1 aromatic rings. The van der Waals surface area contributed by atoms with Crippen LogP contribution in [0.3, 0.4) is 0 Å². The number of rotatable bonds is 19. The lowest BCUT2D eigenvalue weighted by Crippen LogP contribution is -2.03. The summed E-state index contributed by atoms with van der Waals surface area (Å²) in [5.74, 6) is 0.162. The number of unbranched alkanes of at least 4 members (excludes halogenated alkanes) is 12. The van der Waals surface area contributed by atoms with E-state index in [0.717, 1.165) is 31.4 Å². The van der Waals surface area contributed by atoms with Crippen LogP contribution in [-0.2, 0) is 14.6 Å². The molecule has 0 amide bonds. The largest absolute Gasteiger partial charge is 0.494 e. The normalized spacial score (nSPS) is 11.5. The van der Waals surface area contributed by atoms with E-state index in [4.69, 9.17) is 9.84 Å². The maximum Gasteiger partial charge on any atom is 0.303 e. The van der Waals surface area contributed by atoms with Gasteiger partial charge in [0, 0.05) is 6.42 Å². The number of carbonyl (C=O) groups is 1. The summed E-state index contributed by atoms with van der Waals surface area (Å²) in [5.41, 5.74) is 0. The third-order valence-electron chi connectivity index (χ3n) is 5.37. The van der Waals surface area contributed by atoms with E-state index >= 15 is 0 Å². The second-order valence-corrected chi connectivity index (χ2v) is 10.2. The second kappa shape index (κ2) is 16.2. The molecule has 0 spiro atoms. The molecule has 5 nitrogen and oxygen atoms in total. The zero-order valence-corrected chi connectivity index (χ0v) is 19.4. The number of carboxylic acid groups (broad SMARTS) is 1. The van der Waals surface area contributed by atoms with Crippen LogP contribution in [0.5, 0.6) is 5.75 Å². The van der Waals surface area contributed by atoms with E-state index < -0.39 is 15.8 Å². The highest BCUT2D eigenvalue weighted by Gasteiger charge is 2.10. The fourth-order valence-electron chi connectivity index (χ4n) is 3.42. The molecule has 30 heavy (non-hydrogen) atoms. The molecule has 0 atom stereocenters. The number of sulfone groups is 1. The van der Waals surface area contributed by atoms with Crippen molar-refractivity contribution in [2.45, 2.75) is 102 Å². The van der Waals surface area contributed by atoms with Crippen molar-refractivity contribution < 1.29 is 23.1 Å². The fourth-order valence-corrected chi connectivity index (χ4v) is 4.31. The van der Waals surface area contributed by atoms with Gasteiger partial charge in [-0.2, -0.15) is 0 Å². The SMILES string of the molecule is CCS(=O)(=O)c1ccc(OCCCCCCCCCCCCCCCC(=O)O)cc1. The molecule has 1 N–H and O–H groups in total. The predicted molar refractivity (Wildman–Crippen MR) is 122 cm³/mol. The van der Waals surface area contributed by atoms with Crippen LogP contribution in [0, 0.1) is 0 Å². The summed E-state index contributed by atoms with van der Waals surface area (Å²) in [6.07, 6.45) is 15.8. The number of benzene rings is 1. The van der Waals surface area contributed by atoms with Crippen LogP contribution in [-0.4, -0.2) is 31.9 Å². The van der Waals surface area contributed by atoms with Gasteiger partial charge in [0.1, 0.15) is 5.75 Å². The summed E-state index contributed by atoms with van der Waals surface area (Å²) in [5, 5.41) is 8.58. The first-order valence-electron chi connectivity index (χ1n) is 11.6. The molecule has 6 heteroatoms. The number of carboxylic acids is 1. The van der Waals surface area contributed by atoms with E-state index in [0.29, 0.717) is 17.9 Å². The molecule has 1 aromatic carbocycles. The monoisotopic (exact) mass is 440 g/mol. The minimum atomic E-state index is -3.14. The van der Waals surface area contributed by atoms with Gasteiger partial charge in [0.2, 0.25) is 0 Å². The molecule has 0 aliphatic carbocycles. The Morgan fingerprint density at radius 1 is 0.767 bits per heavy atom. The van der Waals surface area contributed by atoms with E-state index in [-0.39, 0.29) is 5.75 Å². The summed E-state index contributed by atoms with van der Waals surface area (Å²) in [7, 11) is -3.14. The van der Waals surface area contributed by atoms with Gasteiger partial charge in [-0.25, -0.2) is 8.42 Å². The lowest BCUT2D eigenvalue weighted by molar-refractivity contribution is -0.137. The van der Waals surface area contributed by atoms with Gasteiger partial charge in [-0.3, -0.25) is 4.79 Å². The van der Waals surface area contributed by atoms with Gasteiger partial charge in [0.15, 0.2) is 9.84 Å². The molecule has 0 heterocycles. The topological polar surface area (TPSA) is 80.7 Å². The second-order valence-electron chi connectivity index (χ2n) is 7.96. The van der Waals surface area contributed by atoms with Crippen molar-refractivity contribution in [1.29, 1.82) is 0 Å². The van der Waals surface area contributed by atoms with Gasteiger partial charge < -0.3 is 9.84 Å². The third kappa shape index (κ3) is 12.9. The summed E-state index contributed by atoms with van der Waals surface area (Å²) in [6, 6.07) is 6.71. The number of ether oxygens (including phenoxy) is 1. The minimum Gasteiger partial charge on any atom is -0.494 e. The molecule has 0 unspecified atom stereocenters. The van der Waals surface area contributed by atoms with Crippen molar-refractivity contribution in [2.24, 2.45) is 0 Å². The Hall–Kier alpha value is -1.56. The molecule has 0 aliphatic heterocycles. The average Bonchev–Trinajstić information content (AvgIpc) is 2.73. The number of hydrogen-bond donors (Lipinski definition) is 1. The van der Waals surface area contributed by atoms with Crippen LogP contribution in [0.1, 0.15) is 96.8 Å². The molecular weight excluding hydrogens is 400 g/mol. The Balaban J connectivity index is 1.88. The highest BCUT2D eigenvalue weighted by atomic mass is 32.2. The summed E-state index contributed by atoms with van der Waals surface area (Å²) >= 11 is 0. The molecule has 0 aliphatic rings. The first-order chi connectivity index (χ1) is 14.5. The van der Waals surface area contributed by atoms with Gasteiger partial charge in [0.05, 0.1) is 17.3 Å². The first-order valence-corrected chi connectivity index (χ1v) is 13.3. The van der Waals surface area contributed by atoms with Crippen molar-refractivity contribution in [3.8, 4) is 5.75 Å². The van der Waals surface area contributed by atoms with Gasteiger partial charge in [-0.05, 0) is 37.1 Å². The van der Waals surface area contributed by atoms with Crippen LogP contribution < -0.4 is 4.74 Å². The predicted octanol–water partition coefficient (Wildman–Crippen LogP) is 6.41. The molecule has 172 valence electrons. The lowest BCUT2D eigenvalue weighted by atomic mass is 10.0. The van der Waals surface area contributed by atoms with E-state index in [1.165, 1.54) is 57.8 Å². The highest BCUT2D eigenvalue weighted by Crippen LogP contribution is 2.18. The van der Waals surface area contributed by atoms with Gasteiger partial charge in [-0.15, -0.1) is 0 Å². The van der Waals surface area contributed by atoms with Crippen LogP contribution >= 0.6 is 0 Å². The molecular formula is C24H40O5S. The van der Waals surface area contributed by atoms with Crippen molar-refractivity contribution in [3.05, 3.63) is 24.3 Å². The van der Waals surface area contributed by atoms with E-state index in [2.05, 4.69) is 0 Å². The van der Waals surface area contributed by atoms with Crippen molar-refractivity contribution in [1.82, 2.24) is 0 Å². The molecule has 0 bridgehead atoms. The van der Waals surface area contributed by atoms with Crippen molar-refractivity contribution in [2.75, 3.05) is 12.4 Å². The van der Waals surface area contributed by atoms with Gasteiger partial charge in [-0.1, -0.05) is 77.6 Å². The third-order valence-corrected chi connectivity index (χ3v) is 7.12. The molecule has 1 rings (SSSR count). The smallest absolute Gasteiger partial charge is 0.303 e. The van der Waals surface area contributed by atoms with Gasteiger partial charge >= 0.3 is 5.97 Å². The van der Waals surface area contributed by atoms with Crippen molar-refractivity contribution in [3.63, 3.8) is 0 Å². The summed E-state index contributed by atoms with van der Waals surface area (Å²) < 4.78 is 29.3. The molecule has 0 aromatic heterocycles. The summed E-state index contributed by atoms with van der Waals surface area (Å²) in [4.78, 5) is 10.8. The van der Waals surface area contributed by atoms with Crippen LogP contribution in [0.4, 0.5) is 0 Å². The average molecular weight is 441 g/mol.